The number of rotatable bonds is 6. The van der Waals surface area contributed by atoms with Gasteiger partial charge in [0.1, 0.15) is 23.3 Å². The zero-order valence-electron chi connectivity index (χ0n) is 22.7. The van der Waals surface area contributed by atoms with Crippen molar-refractivity contribution < 1.29 is 14.3 Å². The molecule has 2 amide bonds. The second-order valence-electron chi connectivity index (χ2n) is 11.0. The number of carbonyl (C=O) groups is 2. The van der Waals surface area contributed by atoms with Gasteiger partial charge in [-0.25, -0.2) is 19.7 Å². The summed E-state index contributed by atoms with van der Waals surface area (Å²) in [5, 5.41) is 4.17. The highest BCUT2D eigenvalue weighted by Crippen LogP contribution is 2.30. The Hall–Kier alpha value is -2.75. The van der Waals surface area contributed by atoms with Crippen molar-refractivity contribution in [1.29, 1.82) is 0 Å². The van der Waals surface area contributed by atoms with Gasteiger partial charge >= 0.3 is 6.09 Å². The molecule has 2 fully saturated rings. The minimum Gasteiger partial charge on any atom is -0.444 e. The van der Waals surface area contributed by atoms with Gasteiger partial charge in [-0.1, -0.05) is 13.3 Å². The van der Waals surface area contributed by atoms with E-state index in [-0.39, 0.29) is 11.8 Å². The largest absolute Gasteiger partial charge is 0.444 e. The van der Waals surface area contributed by atoms with Crippen LogP contribution in [0, 0.1) is 6.92 Å². The summed E-state index contributed by atoms with van der Waals surface area (Å²) in [6, 6.07) is 1.57. The van der Waals surface area contributed by atoms with E-state index in [0.29, 0.717) is 26.1 Å². The highest BCUT2D eigenvalue weighted by atomic mass is 32.1. The maximum absolute atomic E-state index is 13.5. The molecule has 0 unspecified atom stereocenters. The van der Waals surface area contributed by atoms with E-state index in [1.807, 2.05) is 44.9 Å². The van der Waals surface area contributed by atoms with E-state index in [0.717, 1.165) is 65.9 Å². The number of anilines is 2. The highest BCUT2D eigenvalue weighted by Gasteiger charge is 2.38. The molecule has 2 saturated heterocycles. The topological polar surface area (TPSA) is 101 Å². The number of likely N-dealkylation sites (tertiary alicyclic amines) is 2. The van der Waals surface area contributed by atoms with E-state index in [1.54, 1.807) is 16.2 Å². The number of thiazole rings is 1. The van der Waals surface area contributed by atoms with E-state index in [9.17, 15) is 9.59 Å². The van der Waals surface area contributed by atoms with Crippen molar-refractivity contribution in [3.8, 4) is 0 Å². The molecule has 10 heteroatoms. The summed E-state index contributed by atoms with van der Waals surface area (Å²) in [5.41, 5.74) is 0.441. The molecule has 0 aliphatic carbocycles. The van der Waals surface area contributed by atoms with Crippen LogP contribution in [-0.2, 0) is 16.0 Å². The summed E-state index contributed by atoms with van der Waals surface area (Å²) in [6.07, 6.45) is 7.49. The fourth-order valence-corrected chi connectivity index (χ4v) is 5.64. The summed E-state index contributed by atoms with van der Waals surface area (Å²) in [6.45, 7) is 11.6. The van der Waals surface area contributed by atoms with E-state index in [4.69, 9.17) is 14.7 Å². The Labute approximate surface area is 224 Å². The predicted octanol–water partition coefficient (Wildman–Crippen LogP) is 5.43. The molecule has 2 aromatic heterocycles. The number of amides is 2. The summed E-state index contributed by atoms with van der Waals surface area (Å²) in [7, 11) is 0. The molecule has 9 nitrogen and oxygen atoms in total. The van der Waals surface area contributed by atoms with Crippen LogP contribution in [-0.4, -0.2) is 68.0 Å². The van der Waals surface area contributed by atoms with Gasteiger partial charge in [0.2, 0.25) is 5.91 Å². The van der Waals surface area contributed by atoms with Crippen LogP contribution in [0.4, 0.5) is 15.7 Å². The molecular weight excluding hydrogens is 488 g/mol. The van der Waals surface area contributed by atoms with Crippen LogP contribution in [0.25, 0.3) is 0 Å². The first-order valence-corrected chi connectivity index (χ1v) is 14.3. The molecule has 37 heavy (non-hydrogen) atoms. The molecule has 1 N–H and O–H groups in total. The SMILES string of the molecule is CCCc1cc(Nc2ncc(C)s2)nc(C2CCN(C(=O)[C@H]3CCCCN3C(=O)OC(C)(C)C)CC2)n1. The lowest BCUT2D eigenvalue weighted by molar-refractivity contribution is -0.139. The number of piperidine rings is 2. The number of nitrogens with zero attached hydrogens (tertiary/aromatic N) is 5. The summed E-state index contributed by atoms with van der Waals surface area (Å²) >= 11 is 1.60. The van der Waals surface area contributed by atoms with Crippen LogP contribution in [0.3, 0.4) is 0 Å². The van der Waals surface area contributed by atoms with Gasteiger partial charge in [0, 0.05) is 48.4 Å². The average Bonchev–Trinajstić information content (AvgIpc) is 3.27. The van der Waals surface area contributed by atoms with Gasteiger partial charge in [0.05, 0.1) is 0 Å². The molecular formula is C27H40N6O3S. The molecule has 4 rings (SSSR count). The standard InChI is InChI=1S/C27H40N6O3S/c1-6-9-20-16-22(31-25-28-17-18(2)37-25)30-23(29-20)19-11-14-32(15-12-19)24(34)21-10-7-8-13-33(21)26(35)36-27(3,4)5/h16-17,19,21H,6-15H2,1-5H3,(H,28,29,30,31)/t21-/m1/s1. The molecule has 0 spiro atoms. The van der Waals surface area contributed by atoms with Gasteiger partial charge in [0.15, 0.2) is 5.13 Å². The van der Waals surface area contributed by atoms with Crippen LogP contribution in [0.5, 0.6) is 0 Å². The summed E-state index contributed by atoms with van der Waals surface area (Å²) in [4.78, 5) is 45.1. The van der Waals surface area contributed by atoms with E-state index >= 15 is 0 Å². The predicted molar refractivity (Wildman–Crippen MR) is 145 cm³/mol. The molecule has 2 aliphatic rings. The van der Waals surface area contributed by atoms with Crippen molar-refractivity contribution in [1.82, 2.24) is 24.8 Å². The lowest BCUT2D eigenvalue weighted by Crippen LogP contribution is -2.55. The van der Waals surface area contributed by atoms with Gasteiger partial charge in [-0.2, -0.15) is 0 Å². The molecule has 0 radical (unpaired) electrons. The minimum atomic E-state index is -0.584. The van der Waals surface area contributed by atoms with Gasteiger partial charge < -0.3 is 15.0 Å². The molecule has 0 bridgehead atoms. The number of nitrogens with one attached hydrogen (secondary N) is 1. The molecule has 2 aliphatic heterocycles. The Balaban J connectivity index is 1.42. The lowest BCUT2D eigenvalue weighted by Gasteiger charge is -2.40. The Morgan fingerprint density at radius 1 is 1.14 bits per heavy atom. The van der Waals surface area contributed by atoms with E-state index in [2.05, 4.69) is 17.2 Å². The first-order valence-electron chi connectivity index (χ1n) is 13.5. The van der Waals surface area contributed by atoms with Crippen LogP contribution in [0.1, 0.15) is 88.5 Å². The Morgan fingerprint density at radius 3 is 2.54 bits per heavy atom. The Kier molecular flexibility index (Phi) is 8.67. The van der Waals surface area contributed by atoms with Crippen molar-refractivity contribution in [2.24, 2.45) is 0 Å². The summed E-state index contributed by atoms with van der Waals surface area (Å²) in [5.74, 6) is 1.83. The van der Waals surface area contributed by atoms with Crippen molar-refractivity contribution in [2.45, 2.75) is 97.1 Å². The number of carbonyl (C=O) groups excluding carboxylic acids is 2. The number of ether oxygens (including phenoxy) is 1. The third kappa shape index (κ3) is 7.18. The van der Waals surface area contributed by atoms with Crippen LogP contribution < -0.4 is 5.32 Å². The number of hydrogen-bond acceptors (Lipinski definition) is 8. The van der Waals surface area contributed by atoms with Crippen LogP contribution in [0.2, 0.25) is 0 Å². The number of aromatic nitrogens is 3. The van der Waals surface area contributed by atoms with Gasteiger partial charge in [-0.3, -0.25) is 9.69 Å². The molecule has 0 saturated carbocycles. The van der Waals surface area contributed by atoms with Crippen LogP contribution in [0.15, 0.2) is 12.3 Å². The van der Waals surface area contributed by atoms with Crippen LogP contribution >= 0.6 is 11.3 Å². The van der Waals surface area contributed by atoms with Crippen molar-refractivity contribution >= 4 is 34.3 Å². The number of hydrogen-bond donors (Lipinski definition) is 1. The molecule has 1 atom stereocenters. The smallest absolute Gasteiger partial charge is 0.410 e. The fourth-order valence-electron chi connectivity index (χ4n) is 4.97. The molecule has 0 aromatic carbocycles. The first kappa shape index (κ1) is 27.3. The van der Waals surface area contributed by atoms with Gasteiger partial charge in [0.25, 0.3) is 0 Å². The van der Waals surface area contributed by atoms with Crippen molar-refractivity contribution in [3.05, 3.63) is 28.7 Å². The normalized spacial score (nSPS) is 19.1. The molecule has 4 heterocycles. The second-order valence-corrected chi connectivity index (χ2v) is 12.3. The molecule has 202 valence electrons. The molecule has 2 aromatic rings. The zero-order valence-corrected chi connectivity index (χ0v) is 23.6. The maximum atomic E-state index is 13.5. The number of aryl methyl sites for hydroxylation is 2. The zero-order chi connectivity index (χ0) is 26.6. The average molecular weight is 529 g/mol. The van der Waals surface area contributed by atoms with Crippen molar-refractivity contribution in [2.75, 3.05) is 25.0 Å². The van der Waals surface area contributed by atoms with E-state index < -0.39 is 17.7 Å². The fraction of sp³-hybridized carbons (Fsp3) is 0.667. The van der Waals surface area contributed by atoms with Crippen molar-refractivity contribution in [3.63, 3.8) is 0 Å². The third-order valence-electron chi connectivity index (χ3n) is 6.75. The summed E-state index contributed by atoms with van der Waals surface area (Å²) < 4.78 is 5.60. The Morgan fingerprint density at radius 2 is 1.89 bits per heavy atom. The monoisotopic (exact) mass is 528 g/mol. The Bertz CT molecular complexity index is 1090. The quantitative estimate of drug-likeness (QED) is 0.533. The third-order valence-corrected chi connectivity index (χ3v) is 7.57. The van der Waals surface area contributed by atoms with Gasteiger partial charge in [-0.05, 0) is 66.2 Å². The van der Waals surface area contributed by atoms with E-state index in [1.165, 1.54) is 0 Å². The maximum Gasteiger partial charge on any atom is 0.410 e. The first-order chi connectivity index (χ1) is 17.6. The lowest BCUT2D eigenvalue weighted by atomic mass is 9.94. The second kappa shape index (κ2) is 11.8. The van der Waals surface area contributed by atoms with Gasteiger partial charge in [-0.15, -0.1) is 11.3 Å². The highest BCUT2D eigenvalue weighted by molar-refractivity contribution is 7.15. The minimum absolute atomic E-state index is 0.0335.